The fourth-order valence-electron chi connectivity index (χ4n) is 2.16. The van der Waals surface area contributed by atoms with Gasteiger partial charge >= 0.3 is 0 Å². The second-order valence-electron chi connectivity index (χ2n) is 4.74. The monoisotopic (exact) mass is 239 g/mol. The summed E-state index contributed by atoms with van der Waals surface area (Å²) in [6.07, 6.45) is 6.99. The van der Waals surface area contributed by atoms with Crippen LogP contribution in [0.4, 0.5) is 0 Å². The summed E-state index contributed by atoms with van der Waals surface area (Å²) in [6.45, 7) is 4.93. The molecule has 16 heavy (non-hydrogen) atoms. The third kappa shape index (κ3) is 2.62. The zero-order chi connectivity index (χ0) is 11.4. The number of hydrogen-bond donors (Lipinski definition) is 2. The fourth-order valence-corrected chi connectivity index (χ4v) is 2.99. The van der Waals surface area contributed by atoms with Crippen molar-refractivity contribution < 1.29 is 0 Å². The summed E-state index contributed by atoms with van der Waals surface area (Å²) in [6, 6.07) is 0. The third-order valence-corrected chi connectivity index (χ3v) is 4.71. The van der Waals surface area contributed by atoms with Crippen LogP contribution < -0.4 is 11.1 Å². The first kappa shape index (κ1) is 12.0. The quantitative estimate of drug-likeness (QED) is 0.797. The largest absolute Gasteiger partial charge is 0.330 e. The van der Waals surface area contributed by atoms with Gasteiger partial charge in [-0.25, -0.2) is 4.98 Å². The zero-order valence-corrected chi connectivity index (χ0v) is 10.8. The highest BCUT2D eigenvalue weighted by Gasteiger charge is 2.34. The average molecular weight is 239 g/mol. The molecule has 90 valence electrons. The molecule has 1 heterocycles. The average Bonchev–Trinajstić information content (AvgIpc) is 2.70. The van der Waals surface area contributed by atoms with Gasteiger partial charge < -0.3 is 11.1 Å². The predicted molar refractivity (Wildman–Crippen MR) is 68.5 cm³/mol. The van der Waals surface area contributed by atoms with Gasteiger partial charge in [0.25, 0.3) is 0 Å². The number of hydrogen-bond acceptors (Lipinski definition) is 4. The second-order valence-corrected chi connectivity index (χ2v) is 5.93. The third-order valence-electron chi connectivity index (χ3n) is 3.57. The Morgan fingerprint density at radius 2 is 2.38 bits per heavy atom. The number of nitrogens with zero attached hydrogens (tertiary/aromatic N) is 1. The van der Waals surface area contributed by atoms with E-state index in [1.807, 2.05) is 17.5 Å². The molecule has 0 aliphatic heterocycles. The first-order valence-electron chi connectivity index (χ1n) is 6.12. The summed E-state index contributed by atoms with van der Waals surface area (Å²) in [5.41, 5.74) is 6.21. The first-order valence-corrected chi connectivity index (χ1v) is 6.94. The van der Waals surface area contributed by atoms with Crippen molar-refractivity contribution in [3.63, 3.8) is 0 Å². The predicted octanol–water partition coefficient (Wildman–Crippen LogP) is 1.92. The van der Waals surface area contributed by atoms with Crippen LogP contribution in [-0.2, 0) is 13.0 Å². The molecule has 0 amide bonds. The maximum atomic E-state index is 5.82. The van der Waals surface area contributed by atoms with Crippen molar-refractivity contribution in [3.8, 4) is 0 Å². The van der Waals surface area contributed by atoms with Crippen LogP contribution in [-0.4, -0.2) is 18.1 Å². The van der Waals surface area contributed by atoms with E-state index in [2.05, 4.69) is 17.2 Å². The highest BCUT2D eigenvalue weighted by molar-refractivity contribution is 7.11. The summed E-state index contributed by atoms with van der Waals surface area (Å²) >= 11 is 1.81. The molecule has 1 aliphatic rings. The van der Waals surface area contributed by atoms with Gasteiger partial charge in [0, 0.05) is 24.2 Å². The molecule has 0 unspecified atom stereocenters. The van der Waals surface area contributed by atoms with Gasteiger partial charge in [0.15, 0.2) is 0 Å². The lowest BCUT2D eigenvalue weighted by Crippen LogP contribution is -2.45. The molecule has 1 fully saturated rings. The van der Waals surface area contributed by atoms with Crippen molar-refractivity contribution >= 4 is 11.3 Å². The summed E-state index contributed by atoms with van der Waals surface area (Å²) in [5, 5.41) is 4.70. The first-order chi connectivity index (χ1) is 7.78. The Morgan fingerprint density at radius 3 is 2.88 bits per heavy atom. The van der Waals surface area contributed by atoms with Crippen molar-refractivity contribution in [2.75, 3.05) is 13.1 Å². The molecule has 3 nitrogen and oxygen atoms in total. The van der Waals surface area contributed by atoms with E-state index in [1.165, 1.54) is 29.1 Å². The van der Waals surface area contributed by atoms with Crippen LogP contribution in [0.15, 0.2) is 6.20 Å². The smallest absolute Gasteiger partial charge is 0.107 e. The number of rotatable bonds is 6. The van der Waals surface area contributed by atoms with Gasteiger partial charge in [-0.2, -0.15) is 0 Å². The minimum atomic E-state index is 0.394. The molecule has 0 saturated heterocycles. The van der Waals surface area contributed by atoms with Gasteiger partial charge in [0.05, 0.1) is 0 Å². The van der Waals surface area contributed by atoms with Crippen LogP contribution in [0.25, 0.3) is 0 Å². The van der Waals surface area contributed by atoms with E-state index in [0.29, 0.717) is 5.41 Å². The van der Waals surface area contributed by atoms with E-state index < -0.39 is 0 Å². The van der Waals surface area contributed by atoms with E-state index in [-0.39, 0.29) is 0 Å². The van der Waals surface area contributed by atoms with E-state index in [1.54, 1.807) is 0 Å². The summed E-state index contributed by atoms with van der Waals surface area (Å²) < 4.78 is 0. The second kappa shape index (κ2) is 5.25. The molecular formula is C12H21N3S. The van der Waals surface area contributed by atoms with Gasteiger partial charge in [0.1, 0.15) is 5.01 Å². The van der Waals surface area contributed by atoms with Gasteiger partial charge in [-0.05, 0) is 31.2 Å². The lowest BCUT2D eigenvalue weighted by Gasteiger charge is -2.41. The Morgan fingerprint density at radius 1 is 1.56 bits per heavy atom. The Hall–Kier alpha value is -0.450. The SMILES string of the molecule is CCc1cnc(CNCC2(CN)CCC2)s1. The topological polar surface area (TPSA) is 50.9 Å². The maximum absolute atomic E-state index is 5.82. The molecule has 1 aliphatic carbocycles. The minimum Gasteiger partial charge on any atom is -0.330 e. The van der Waals surface area contributed by atoms with Crippen molar-refractivity contribution in [3.05, 3.63) is 16.1 Å². The van der Waals surface area contributed by atoms with E-state index in [0.717, 1.165) is 26.1 Å². The number of aromatic nitrogens is 1. The van der Waals surface area contributed by atoms with Crippen molar-refractivity contribution in [1.29, 1.82) is 0 Å². The normalized spacial score (nSPS) is 18.4. The summed E-state index contributed by atoms with van der Waals surface area (Å²) in [5.74, 6) is 0. The molecular weight excluding hydrogens is 218 g/mol. The molecule has 0 atom stereocenters. The maximum Gasteiger partial charge on any atom is 0.107 e. The van der Waals surface area contributed by atoms with Gasteiger partial charge in [0.2, 0.25) is 0 Å². The minimum absolute atomic E-state index is 0.394. The van der Waals surface area contributed by atoms with E-state index in [9.17, 15) is 0 Å². The lowest BCUT2D eigenvalue weighted by molar-refractivity contribution is 0.141. The Balaban J connectivity index is 1.75. The standard InChI is InChI=1S/C12H21N3S/c1-2-10-6-15-11(16-10)7-14-9-12(8-13)4-3-5-12/h6,14H,2-5,7-9,13H2,1H3. The lowest BCUT2D eigenvalue weighted by atomic mass is 9.69. The fraction of sp³-hybridized carbons (Fsp3) is 0.750. The molecule has 2 rings (SSSR count). The van der Waals surface area contributed by atoms with Crippen LogP contribution in [0, 0.1) is 5.41 Å². The van der Waals surface area contributed by atoms with Gasteiger partial charge in [-0.3, -0.25) is 0 Å². The molecule has 1 aromatic rings. The van der Waals surface area contributed by atoms with Crippen LogP contribution >= 0.6 is 11.3 Å². The molecule has 0 bridgehead atoms. The van der Waals surface area contributed by atoms with Crippen molar-refractivity contribution in [1.82, 2.24) is 10.3 Å². The highest BCUT2D eigenvalue weighted by Crippen LogP contribution is 2.39. The molecule has 3 N–H and O–H groups in total. The summed E-state index contributed by atoms with van der Waals surface area (Å²) in [4.78, 5) is 5.77. The number of nitrogens with two attached hydrogens (primary N) is 1. The molecule has 0 spiro atoms. The van der Waals surface area contributed by atoms with Crippen molar-refractivity contribution in [2.45, 2.75) is 39.2 Å². The van der Waals surface area contributed by atoms with Gasteiger partial charge in [-0.15, -0.1) is 11.3 Å². The van der Waals surface area contributed by atoms with Crippen LogP contribution in [0.5, 0.6) is 0 Å². The van der Waals surface area contributed by atoms with Crippen LogP contribution in [0.2, 0.25) is 0 Å². The Bertz CT molecular complexity index is 325. The number of thiazole rings is 1. The molecule has 0 radical (unpaired) electrons. The van der Waals surface area contributed by atoms with E-state index in [4.69, 9.17) is 5.73 Å². The van der Waals surface area contributed by atoms with Crippen molar-refractivity contribution in [2.24, 2.45) is 11.1 Å². The Kier molecular flexibility index (Phi) is 3.95. The zero-order valence-electron chi connectivity index (χ0n) is 9.96. The number of nitrogens with one attached hydrogen (secondary N) is 1. The number of aryl methyl sites for hydroxylation is 1. The summed E-state index contributed by atoms with van der Waals surface area (Å²) in [7, 11) is 0. The molecule has 0 aromatic carbocycles. The molecule has 4 heteroatoms. The van der Waals surface area contributed by atoms with Crippen LogP contribution in [0.3, 0.4) is 0 Å². The highest BCUT2D eigenvalue weighted by atomic mass is 32.1. The Labute approximate surface area is 101 Å². The van der Waals surface area contributed by atoms with E-state index >= 15 is 0 Å². The van der Waals surface area contributed by atoms with Gasteiger partial charge in [-0.1, -0.05) is 13.3 Å². The molecule has 1 aromatic heterocycles. The van der Waals surface area contributed by atoms with Crippen LogP contribution in [0.1, 0.15) is 36.1 Å². The molecule has 1 saturated carbocycles.